The van der Waals surface area contributed by atoms with Gasteiger partial charge in [-0.1, -0.05) is 12.1 Å². The summed E-state index contributed by atoms with van der Waals surface area (Å²) in [5.74, 6) is 0.0318. The van der Waals surface area contributed by atoms with Crippen molar-refractivity contribution >= 4 is 17.5 Å². The van der Waals surface area contributed by atoms with Crippen LogP contribution in [-0.4, -0.2) is 31.1 Å². The summed E-state index contributed by atoms with van der Waals surface area (Å²) < 4.78 is 5.33. The number of hydrogen-bond acceptors (Lipinski definition) is 3. The van der Waals surface area contributed by atoms with E-state index in [9.17, 15) is 9.59 Å². The molecule has 0 aromatic heterocycles. The smallest absolute Gasteiger partial charge is 0.249 e. The van der Waals surface area contributed by atoms with E-state index in [2.05, 4.69) is 10.6 Å². The average molecular weight is 274 g/mol. The zero-order valence-electron chi connectivity index (χ0n) is 11.3. The minimum Gasteiger partial charge on any atom is -0.368 e. The number of anilines is 1. The summed E-state index contributed by atoms with van der Waals surface area (Å²) in [6.45, 7) is 1.28. The van der Waals surface area contributed by atoms with Crippen LogP contribution in [0, 0.1) is 0 Å². The lowest BCUT2D eigenvalue weighted by molar-refractivity contribution is -0.130. The van der Waals surface area contributed by atoms with Gasteiger partial charge in [0, 0.05) is 18.8 Å². The van der Waals surface area contributed by atoms with Crippen molar-refractivity contribution in [2.75, 3.05) is 18.5 Å². The predicted molar refractivity (Wildman–Crippen MR) is 74.5 cm³/mol. The number of rotatable bonds is 4. The van der Waals surface area contributed by atoms with Gasteiger partial charge in [-0.15, -0.1) is 0 Å². The normalized spacial score (nSPS) is 20.6. The summed E-state index contributed by atoms with van der Waals surface area (Å²) in [6.07, 6.45) is 2.73. The van der Waals surface area contributed by atoms with E-state index in [-0.39, 0.29) is 17.9 Å². The Balaban J connectivity index is 1.50. The molecule has 2 N–H and O–H groups in total. The third-order valence-electron chi connectivity index (χ3n) is 3.73. The van der Waals surface area contributed by atoms with Crippen LogP contribution in [-0.2, 0) is 27.2 Å². The highest BCUT2D eigenvalue weighted by Crippen LogP contribution is 2.23. The molecule has 0 radical (unpaired) electrons. The number of nitrogens with one attached hydrogen (secondary N) is 2. The molecular weight excluding hydrogens is 256 g/mol. The minimum atomic E-state index is -0.267. The number of amides is 2. The van der Waals surface area contributed by atoms with E-state index in [1.807, 2.05) is 18.2 Å². The van der Waals surface area contributed by atoms with Crippen molar-refractivity contribution in [2.24, 2.45) is 0 Å². The molecule has 3 rings (SSSR count). The van der Waals surface area contributed by atoms with Crippen molar-refractivity contribution in [1.29, 1.82) is 0 Å². The van der Waals surface area contributed by atoms with Crippen molar-refractivity contribution < 1.29 is 14.3 Å². The van der Waals surface area contributed by atoms with E-state index in [0.717, 1.165) is 36.1 Å². The summed E-state index contributed by atoms with van der Waals surface area (Å²) in [5.41, 5.74) is 3.08. The zero-order valence-corrected chi connectivity index (χ0v) is 11.3. The van der Waals surface area contributed by atoms with Crippen molar-refractivity contribution in [2.45, 2.75) is 31.8 Å². The van der Waals surface area contributed by atoms with Gasteiger partial charge in [-0.25, -0.2) is 0 Å². The molecule has 1 fully saturated rings. The van der Waals surface area contributed by atoms with E-state index in [1.165, 1.54) is 0 Å². The molecule has 2 aliphatic rings. The van der Waals surface area contributed by atoms with Crippen molar-refractivity contribution in [1.82, 2.24) is 5.32 Å². The highest BCUT2D eigenvalue weighted by Gasteiger charge is 2.23. The fourth-order valence-corrected chi connectivity index (χ4v) is 2.67. The first-order chi connectivity index (χ1) is 9.72. The molecule has 5 nitrogen and oxygen atoms in total. The molecule has 1 saturated heterocycles. The molecule has 1 aromatic carbocycles. The fraction of sp³-hybridized carbons (Fsp3) is 0.467. The summed E-state index contributed by atoms with van der Waals surface area (Å²) in [6, 6.07) is 5.95. The van der Waals surface area contributed by atoms with Crippen LogP contribution in [0.4, 0.5) is 5.69 Å². The Hall–Kier alpha value is -1.88. The molecule has 0 spiro atoms. The summed E-state index contributed by atoms with van der Waals surface area (Å²) in [5, 5.41) is 5.71. The Morgan fingerprint density at radius 1 is 1.45 bits per heavy atom. The second kappa shape index (κ2) is 5.63. The monoisotopic (exact) mass is 274 g/mol. The van der Waals surface area contributed by atoms with E-state index < -0.39 is 0 Å². The Morgan fingerprint density at radius 3 is 3.15 bits per heavy atom. The Bertz CT molecular complexity index is 536. The number of ether oxygens (including phenoxy) is 1. The summed E-state index contributed by atoms with van der Waals surface area (Å²) in [7, 11) is 0. The molecule has 1 atom stereocenters. The SMILES string of the molecule is O=C1Cc2cc(CCNC(=O)C3CCCO3)ccc2N1. The van der Waals surface area contributed by atoms with Gasteiger partial charge in [0.2, 0.25) is 11.8 Å². The molecule has 1 aromatic rings. The number of hydrogen-bond donors (Lipinski definition) is 2. The fourth-order valence-electron chi connectivity index (χ4n) is 2.67. The second-order valence-corrected chi connectivity index (χ2v) is 5.26. The summed E-state index contributed by atoms with van der Waals surface area (Å²) in [4.78, 5) is 23.1. The second-order valence-electron chi connectivity index (χ2n) is 5.26. The Morgan fingerprint density at radius 2 is 2.35 bits per heavy atom. The molecular formula is C15H18N2O3. The largest absolute Gasteiger partial charge is 0.368 e. The molecule has 1 unspecified atom stereocenters. The quantitative estimate of drug-likeness (QED) is 0.861. The van der Waals surface area contributed by atoms with Crippen molar-refractivity contribution in [3.8, 4) is 0 Å². The Labute approximate surface area is 117 Å². The van der Waals surface area contributed by atoms with Crippen LogP contribution in [0.5, 0.6) is 0 Å². The lowest BCUT2D eigenvalue weighted by atomic mass is 10.1. The first-order valence-corrected chi connectivity index (χ1v) is 7.03. The van der Waals surface area contributed by atoms with Crippen molar-refractivity contribution in [3.05, 3.63) is 29.3 Å². The zero-order chi connectivity index (χ0) is 13.9. The first kappa shape index (κ1) is 13.1. The maximum atomic E-state index is 11.8. The lowest BCUT2D eigenvalue weighted by Crippen LogP contribution is -2.35. The topological polar surface area (TPSA) is 67.4 Å². The van der Waals surface area contributed by atoms with Crippen LogP contribution < -0.4 is 10.6 Å². The van der Waals surface area contributed by atoms with Gasteiger partial charge < -0.3 is 15.4 Å². The van der Waals surface area contributed by atoms with Crippen LogP contribution in [0.2, 0.25) is 0 Å². The van der Waals surface area contributed by atoms with E-state index >= 15 is 0 Å². The highest BCUT2D eigenvalue weighted by atomic mass is 16.5. The summed E-state index contributed by atoms with van der Waals surface area (Å²) >= 11 is 0. The molecule has 5 heteroatoms. The van der Waals surface area contributed by atoms with Gasteiger partial charge in [0.05, 0.1) is 6.42 Å². The van der Waals surface area contributed by atoms with Crippen LogP contribution in [0.25, 0.3) is 0 Å². The van der Waals surface area contributed by atoms with Crippen LogP contribution in [0.15, 0.2) is 18.2 Å². The van der Waals surface area contributed by atoms with E-state index in [1.54, 1.807) is 0 Å². The van der Waals surface area contributed by atoms with Crippen LogP contribution in [0.3, 0.4) is 0 Å². The highest BCUT2D eigenvalue weighted by molar-refractivity contribution is 5.99. The van der Waals surface area contributed by atoms with Gasteiger partial charge in [0.25, 0.3) is 0 Å². The molecule has 2 aliphatic heterocycles. The number of carbonyl (C=O) groups excluding carboxylic acids is 2. The average Bonchev–Trinajstić information content (AvgIpc) is 3.05. The number of fused-ring (bicyclic) bond motifs is 1. The van der Waals surface area contributed by atoms with Gasteiger partial charge in [-0.05, 0) is 36.5 Å². The van der Waals surface area contributed by atoms with Gasteiger partial charge in [-0.2, -0.15) is 0 Å². The van der Waals surface area contributed by atoms with Gasteiger partial charge in [-0.3, -0.25) is 9.59 Å². The maximum Gasteiger partial charge on any atom is 0.249 e. The third kappa shape index (κ3) is 2.82. The molecule has 106 valence electrons. The molecule has 20 heavy (non-hydrogen) atoms. The molecule has 0 aliphatic carbocycles. The van der Waals surface area contributed by atoms with Gasteiger partial charge in [0.15, 0.2) is 0 Å². The lowest BCUT2D eigenvalue weighted by Gasteiger charge is -2.10. The van der Waals surface area contributed by atoms with Gasteiger partial charge >= 0.3 is 0 Å². The van der Waals surface area contributed by atoms with E-state index in [4.69, 9.17) is 4.74 Å². The minimum absolute atomic E-state index is 0.0134. The van der Waals surface area contributed by atoms with Crippen molar-refractivity contribution in [3.63, 3.8) is 0 Å². The Kier molecular flexibility index (Phi) is 3.69. The maximum absolute atomic E-state index is 11.8. The van der Waals surface area contributed by atoms with E-state index in [0.29, 0.717) is 19.6 Å². The number of benzene rings is 1. The van der Waals surface area contributed by atoms with Gasteiger partial charge in [0.1, 0.15) is 6.10 Å². The van der Waals surface area contributed by atoms with Crippen LogP contribution >= 0.6 is 0 Å². The number of carbonyl (C=O) groups is 2. The molecule has 0 saturated carbocycles. The molecule has 2 heterocycles. The predicted octanol–water partition coefficient (Wildman–Crippen LogP) is 1.02. The standard InChI is InChI=1S/C15H18N2O3/c18-14-9-11-8-10(3-4-12(11)17-14)5-6-16-15(19)13-2-1-7-20-13/h3-4,8,13H,1-2,5-7,9H2,(H,16,19)(H,17,18). The molecule has 2 amide bonds. The first-order valence-electron chi connectivity index (χ1n) is 7.03. The third-order valence-corrected chi connectivity index (χ3v) is 3.73. The molecule has 0 bridgehead atoms. The van der Waals surface area contributed by atoms with Crippen LogP contribution in [0.1, 0.15) is 24.0 Å².